The first-order chi connectivity index (χ1) is 17.5. The van der Waals surface area contributed by atoms with Gasteiger partial charge in [0, 0.05) is 0 Å². The highest BCUT2D eigenvalue weighted by molar-refractivity contribution is 5.79. The molecule has 4 saturated carbocycles. The van der Waals surface area contributed by atoms with Crippen LogP contribution in [0.4, 0.5) is 0 Å². The molecule has 0 aliphatic heterocycles. The Labute approximate surface area is 221 Å². The molecule has 4 fully saturated rings. The molecule has 2 aromatic rings. The molecule has 6 rings (SSSR count). The molecule has 0 spiro atoms. The lowest BCUT2D eigenvalue weighted by molar-refractivity contribution is -0.114. The summed E-state index contributed by atoms with van der Waals surface area (Å²) in [6.45, 7) is 8.04. The summed E-state index contributed by atoms with van der Waals surface area (Å²) in [5, 5.41) is 0. The number of hydrogen-bond donors (Lipinski definition) is 0. The van der Waals surface area contributed by atoms with Crippen molar-refractivity contribution in [2.75, 3.05) is 0 Å². The monoisotopic (exact) mass is 480 g/mol. The summed E-state index contributed by atoms with van der Waals surface area (Å²) in [7, 11) is 0. The topological polar surface area (TPSA) is 0 Å². The van der Waals surface area contributed by atoms with Gasteiger partial charge in [-0.25, -0.2) is 0 Å². The van der Waals surface area contributed by atoms with Crippen molar-refractivity contribution in [3.63, 3.8) is 0 Å². The highest BCUT2D eigenvalue weighted by atomic mass is 14.6. The predicted molar refractivity (Wildman–Crippen MR) is 154 cm³/mol. The zero-order valence-corrected chi connectivity index (χ0v) is 23.1. The molecule has 36 heavy (non-hydrogen) atoms. The minimum atomic E-state index is 0.561. The van der Waals surface area contributed by atoms with Crippen LogP contribution in [-0.4, -0.2) is 0 Å². The Hall–Kier alpha value is -1.82. The van der Waals surface area contributed by atoms with Crippen LogP contribution in [0.2, 0.25) is 0 Å². The minimum absolute atomic E-state index is 0.561. The summed E-state index contributed by atoms with van der Waals surface area (Å²) in [5.74, 6) is 5.68. The van der Waals surface area contributed by atoms with Gasteiger partial charge in [-0.3, -0.25) is 0 Å². The normalized spacial score (nSPS) is 38.4. The van der Waals surface area contributed by atoms with E-state index in [1.807, 2.05) is 0 Å². The van der Waals surface area contributed by atoms with Gasteiger partial charge in [-0.1, -0.05) is 100 Å². The van der Waals surface area contributed by atoms with Crippen molar-refractivity contribution >= 4 is 5.57 Å². The molecule has 0 heterocycles. The molecule has 0 nitrogen and oxygen atoms in total. The highest BCUT2D eigenvalue weighted by Gasteiger charge is 2.60. The van der Waals surface area contributed by atoms with Gasteiger partial charge in [-0.15, -0.1) is 0 Å². The van der Waals surface area contributed by atoms with E-state index in [-0.39, 0.29) is 0 Å². The summed E-state index contributed by atoms with van der Waals surface area (Å²) < 4.78 is 0. The van der Waals surface area contributed by atoms with Crippen molar-refractivity contribution in [1.82, 2.24) is 0 Å². The van der Waals surface area contributed by atoms with E-state index in [1.165, 1.54) is 80.9 Å². The van der Waals surface area contributed by atoms with Crippen LogP contribution >= 0.6 is 0 Å². The van der Waals surface area contributed by atoms with Crippen LogP contribution in [0.3, 0.4) is 0 Å². The number of rotatable bonds is 5. The van der Waals surface area contributed by atoms with E-state index in [4.69, 9.17) is 0 Å². The van der Waals surface area contributed by atoms with Gasteiger partial charge in [0.2, 0.25) is 0 Å². The molecular weight excluding hydrogens is 432 g/mol. The van der Waals surface area contributed by atoms with Crippen molar-refractivity contribution in [2.24, 2.45) is 46.3 Å². The zero-order chi connectivity index (χ0) is 24.8. The van der Waals surface area contributed by atoms with Gasteiger partial charge in [0.25, 0.3) is 0 Å². The molecule has 0 aromatic heterocycles. The van der Waals surface area contributed by atoms with Crippen LogP contribution in [0.1, 0.15) is 103 Å². The summed E-state index contributed by atoms with van der Waals surface area (Å²) in [6, 6.07) is 22.1. The van der Waals surface area contributed by atoms with Crippen molar-refractivity contribution in [2.45, 2.75) is 91.4 Å². The zero-order valence-electron chi connectivity index (χ0n) is 23.1. The molecular formula is C36H48. The quantitative estimate of drug-likeness (QED) is 0.399. The Morgan fingerprint density at radius 2 is 1.42 bits per heavy atom. The van der Waals surface area contributed by atoms with Gasteiger partial charge < -0.3 is 0 Å². The van der Waals surface area contributed by atoms with Gasteiger partial charge in [-0.05, 0) is 121 Å². The summed E-state index contributed by atoms with van der Waals surface area (Å²) in [5.41, 5.74) is 5.34. The molecule has 0 amide bonds. The molecule has 4 aliphatic carbocycles. The number of fused-ring (bicyclic) bond motifs is 5. The molecule has 192 valence electrons. The lowest BCUT2D eigenvalue weighted by atomic mass is 9.44. The van der Waals surface area contributed by atoms with Crippen molar-refractivity contribution in [3.05, 3.63) is 77.9 Å². The largest absolute Gasteiger partial charge is 0.0758 e. The second kappa shape index (κ2) is 9.81. The fraction of sp³-hybridized carbons (Fsp3) is 0.611. The summed E-state index contributed by atoms with van der Waals surface area (Å²) in [6.07, 6.45) is 18.9. The molecule has 2 aromatic carbocycles. The summed E-state index contributed by atoms with van der Waals surface area (Å²) >= 11 is 0. The lowest BCUT2D eigenvalue weighted by Crippen LogP contribution is -2.53. The van der Waals surface area contributed by atoms with Gasteiger partial charge >= 0.3 is 0 Å². The van der Waals surface area contributed by atoms with E-state index >= 15 is 0 Å². The van der Waals surface area contributed by atoms with Gasteiger partial charge in [0.05, 0.1) is 0 Å². The fourth-order valence-electron chi connectivity index (χ4n) is 10.4. The van der Waals surface area contributed by atoms with E-state index in [0.29, 0.717) is 10.8 Å². The van der Waals surface area contributed by atoms with Crippen molar-refractivity contribution < 1.29 is 0 Å². The van der Waals surface area contributed by atoms with Crippen LogP contribution in [-0.2, 0) is 0 Å². The molecule has 0 heteroatoms. The average Bonchev–Trinajstić information content (AvgIpc) is 3.27. The average molecular weight is 481 g/mol. The highest BCUT2D eigenvalue weighted by Crippen LogP contribution is 2.68. The number of benzene rings is 2. The third kappa shape index (κ3) is 4.12. The first kappa shape index (κ1) is 24.5. The van der Waals surface area contributed by atoms with Crippen molar-refractivity contribution in [1.29, 1.82) is 0 Å². The maximum absolute atomic E-state index is 2.73. The van der Waals surface area contributed by atoms with E-state index < -0.39 is 0 Å². The van der Waals surface area contributed by atoms with Crippen LogP contribution < -0.4 is 0 Å². The Morgan fingerprint density at radius 3 is 2.11 bits per heavy atom. The van der Waals surface area contributed by atoms with E-state index in [9.17, 15) is 0 Å². The Balaban J connectivity index is 1.22. The van der Waals surface area contributed by atoms with Crippen LogP contribution in [0.15, 0.2) is 66.7 Å². The van der Waals surface area contributed by atoms with Gasteiger partial charge in [0.1, 0.15) is 0 Å². The Morgan fingerprint density at radius 1 is 0.750 bits per heavy atom. The number of hydrogen-bond acceptors (Lipinski definition) is 0. The maximum atomic E-state index is 2.73. The fourth-order valence-corrected chi connectivity index (χ4v) is 10.4. The van der Waals surface area contributed by atoms with Gasteiger partial charge in [0.15, 0.2) is 0 Å². The standard InChI is InChI=1S/C36H48/c1-26(17-19-30(27-12-6-4-7-13-27)28-14-8-5-9-15-28)32-21-22-33-31-20-18-29-16-10-11-24-35(29,2)34(31)23-25-36(32,33)3/h4-9,12-15,19,26,29,31-34H,10-11,16-18,20-25H2,1-3H3/t26-,29?,31+,32-,33+,34+,35+,36-/m1/s1. The van der Waals surface area contributed by atoms with Crippen LogP contribution in [0.5, 0.6) is 0 Å². The maximum Gasteiger partial charge on any atom is -0.0151 e. The van der Waals surface area contributed by atoms with Crippen molar-refractivity contribution in [3.8, 4) is 0 Å². The van der Waals surface area contributed by atoms with E-state index in [2.05, 4.69) is 87.5 Å². The minimum Gasteiger partial charge on any atom is -0.0758 e. The second-order valence-electron chi connectivity index (χ2n) is 13.7. The SMILES string of the molecule is C[C@H](CC=C(c1ccccc1)c1ccccc1)[C@H]1CC[C@H]2[C@@H]3CCC4CCCC[C@]4(C)[C@H]3CC[C@]12C. The second-order valence-corrected chi connectivity index (χ2v) is 13.7. The van der Waals surface area contributed by atoms with Crippen LogP contribution in [0.25, 0.3) is 5.57 Å². The number of allylic oxidation sites excluding steroid dienone is 1. The first-order valence-electron chi connectivity index (χ1n) is 15.3. The molecule has 0 N–H and O–H groups in total. The molecule has 0 bridgehead atoms. The third-order valence-corrected chi connectivity index (χ3v) is 12.2. The molecule has 1 unspecified atom stereocenters. The Bertz CT molecular complexity index is 1010. The molecule has 0 saturated heterocycles. The van der Waals surface area contributed by atoms with E-state index in [0.717, 1.165) is 35.5 Å². The predicted octanol–water partition coefficient (Wildman–Crippen LogP) is 10.2. The van der Waals surface area contributed by atoms with Crippen LogP contribution in [0, 0.1) is 46.3 Å². The lowest BCUT2D eigenvalue weighted by Gasteiger charge is -2.61. The van der Waals surface area contributed by atoms with E-state index in [1.54, 1.807) is 6.42 Å². The molecule has 0 radical (unpaired) electrons. The smallest absolute Gasteiger partial charge is 0.0151 e. The van der Waals surface area contributed by atoms with Gasteiger partial charge in [-0.2, -0.15) is 0 Å². The molecule has 8 atom stereocenters. The third-order valence-electron chi connectivity index (χ3n) is 12.2. The summed E-state index contributed by atoms with van der Waals surface area (Å²) in [4.78, 5) is 0. The Kier molecular flexibility index (Phi) is 6.68. The first-order valence-corrected chi connectivity index (χ1v) is 15.3. The molecule has 4 aliphatic rings.